The van der Waals surface area contributed by atoms with Crippen molar-refractivity contribution in [2.45, 2.75) is 26.7 Å². The van der Waals surface area contributed by atoms with Crippen LogP contribution in [0.25, 0.3) is 0 Å². The lowest BCUT2D eigenvalue weighted by Crippen LogP contribution is -2.29. The Morgan fingerprint density at radius 2 is 2.00 bits per heavy atom. The summed E-state index contributed by atoms with van der Waals surface area (Å²) in [4.78, 5) is 9.99. The summed E-state index contributed by atoms with van der Waals surface area (Å²) in [6.45, 7) is 4.63. The molecule has 5 heteroatoms. The third kappa shape index (κ3) is 10.9. The number of phenols is 1. The van der Waals surface area contributed by atoms with Crippen LogP contribution in [0.4, 0.5) is 4.79 Å². The minimum absolute atomic E-state index is 0. The van der Waals surface area contributed by atoms with Gasteiger partial charge in [-0.2, -0.15) is 13.5 Å². The summed E-state index contributed by atoms with van der Waals surface area (Å²) in [5.74, 6) is 0.368. The number of rotatable bonds is 3. The van der Waals surface area contributed by atoms with Crippen molar-refractivity contribution >= 4 is 19.5 Å². The highest BCUT2D eigenvalue weighted by molar-refractivity contribution is 7.59. The average Bonchev–Trinajstić information content (AvgIpc) is 2.23. The predicted molar refractivity (Wildman–Crippen MR) is 75.7 cm³/mol. The number of aryl methyl sites for hydroxylation is 1. The molecular formula is C12H22N2O2S. The van der Waals surface area contributed by atoms with Gasteiger partial charge in [0.05, 0.1) is 0 Å². The normalized spacial score (nSPS) is 8.35. The van der Waals surface area contributed by atoms with E-state index in [1.165, 1.54) is 0 Å². The topological polar surface area (TPSA) is 75.3 Å². The van der Waals surface area contributed by atoms with E-state index in [-0.39, 0.29) is 13.5 Å². The summed E-state index contributed by atoms with van der Waals surface area (Å²) < 4.78 is 0. The van der Waals surface area contributed by atoms with Crippen molar-refractivity contribution in [2.24, 2.45) is 5.73 Å². The molecule has 2 amide bonds. The van der Waals surface area contributed by atoms with Crippen molar-refractivity contribution in [3.8, 4) is 5.75 Å². The molecule has 0 atom stereocenters. The summed E-state index contributed by atoms with van der Waals surface area (Å²) in [6.07, 6.45) is 2.09. The third-order valence-corrected chi connectivity index (χ3v) is 1.95. The Labute approximate surface area is 110 Å². The number of carbonyl (C=O) groups excluding carboxylic acids is 1. The van der Waals surface area contributed by atoms with Gasteiger partial charge in [0, 0.05) is 6.54 Å². The van der Waals surface area contributed by atoms with Crippen LogP contribution in [-0.4, -0.2) is 17.7 Å². The first-order valence-electron chi connectivity index (χ1n) is 5.35. The number of nitrogens with two attached hydrogens (primary N) is 1. The Morgan fingerprint density at radius 1 is 1.41 bits per heavy atom. The molecule has 0 bridgehead atoms. The van der Waals surface area contributed by atoms with Crippen LogP contribution in [0.3, 0.4) is 0 Å². The molecule has 0 radical (unpaired) electrons. The standard InChI is InChI=1S/C7H8O.C5H12N2O.H2S/c1-6-4-2-3-5-7(6)8;1-2-3-4-7-5(6)8;/h2-5,8H,1H3;2-4H2,1H3,(H3,6,7,8);1H2. The summed E-state index contributed by atoms with van der Waals surface area (Å²) in [5.41, 5.74) is 5.71. The molecule has 17 heavy (non-hydrogen) atoms. The SMILES string of the molecule is CCCCNC(N)=O.Cc1ccccc1O.S. The van der Waals surface area contributed by atoms with Crippen molar-refractivity contribution in [1.82, 2.24) is 5.32 Å². The number of nitrogens with one attached hydrogen (secondary N) is 1. The molecule has 0 spiro atoms. The van der Waals surface area contributed by atoms with Crippen LogP contribution < -0.4 is 11.1 Å². The van der Waals surface area contributed by atoms with E-state index in [4.69, 9.17) is 10.8 Å². The molecule has 0 saturated carbocycles. The highest BCUT2D eigenvalue weighted by Crippen LogP contribution is 2.12. The lowest BCUT2D eigenvalue weighted by Gasteiger charge is -1.96. The van der Waals surface area contributed by atoms with Crippen molar-refractivity contribution in [3.63, 3.8) is 0 Å². The van der Waals surface area contributed by atoms with Gasteiger partial charge in [0.1, 0.15) is 5.75 Å². The van der Waals surface area contributed by atoms with Gasteiger partial charge in [-0.15, -0.1) is 0 Å². The fourth-order valence-electron chi connectivity index (χ4n) is 0.952. The second-order valence-corrected chi connectivity index (χ2v) is 3.43. The molecule has 98 valence electrons. The van der Waals surface area contributed by atoms with Gasteiger partial charge in [-0.25, -0.2) is 4.79 Å². The molecule has 0 saturated heterocycles. The van der Waals surface area contributed by atoms with E-state index in [1.807, 2.05) is 25.1 Å². The number of benzene rings is 1. The first kappa shape index (κ1) is 18.0. The number of primary amides is 1. The van der Waals surface area contributed by atoms with Crippen LogP contribution in [0.15, 0.2) is 24.3 Å². The molecule has 0 aliphatic rings. The fraction of sp³-hybridized carbons (Fsp3) is 0.417. The van der Waals surface area contributed by atoms with E-state index in [2.05, 4.69) is 12.2 Å². The van der Waals surface area contributed by atoms with E-state index in [1.54, 1.807) is 6.07 Å². The average molecular weight is 258 g/mol. The maximum Gasteiger partial charge on any atom is 0.312 e. The van der Waals surface area contributed by atoms with Gasteiger partial charge in [0.15, 0.2) is 0 Å². The van der Waals surface area contributed by atoms with Gasteiger partial charge >= 0.3 is 6.03 Å². The highest BCUT2D eigenvalue weighted by atomic mass is 32.1. The van der Waals surface area contributed by atoms with Gasteiger partial charge in [-0.1, -0.05) is 31.5 Å². The molecule has 0 aromatic heterocycles. The van der Waals surface area contributed by atoms with E-state index in [0.29, 0.717) is 12.3 Å². The zero-order chi connectivity index (χ0) is 12.4. The molecule has 4 N–H and O–H groups in total. The largest absolute Gasteiger partial charge is 0.508 e. The first-order chi connectivity index (χ1) is 7.57. The Balaban J connectivity index is 0. The second kappa shape index (κ2) is 11.1. The Kier molecular flexibility index (Phi) is 11.8. The maximum absolute atomic E-state index is 9.99. The Morgan fingerprint density at radius 3 is 2.35 bits per heavy atom. The minimum atomic E-state index is -0.432. The van der Waals surface area contributed by atoms with Crippen molar-refractivity contribution in [1.29, 1.82) is 0 Å². The van der Waals surface area contributed by atoms with E-state index in [0.717, 1.165) is 18.4 Å². The van der Waals surface area contributed by atoms with Crippen LogP contribution in [0.1, 0.15) is 25.3 Å². The lowest BCUT2D eigenvalue weighted by molar-refractivity contribution is 0.249. The summed E-state index contributed by atoms with van der Waals surface area (Å²) in [7, 11) is 0. The molecular weight excluding hydrogens is 236 g/mol. The van der Waals surface area contributed by atoms with Crippen LogP contribution in [0.2, 0.25) is 0 Å². The lowest BCUT2D eigenvalue weighted by atomic mass is 10.2. The minimum Gasteiger partial charge on any atom is -0.508 e. The maximum atomic E-state index is 9.99. The van der Waals surface area contributed by atoms with Gasteiger partial charge < -0.3 is 16.2 Å². The van der Waals surface area contributed by atoms with Crippen molar-refractivity contribution in [2.75, 3.05) is 6.54 Å². The number of phenolic OH excluding ortho intramolecular Hbond substituents is 1. The fourth-order valence-corrected chi connectivity index (χ4v) is 0.952. The number of aromatic hydroxyl groups is 1. The van der Waals surface area contributed by atoms with Gasteiger partial charge in [0.2, 0.25) is 0 Å². The van der Waals surface area contributed by atoms with E-state index < -0.39 is 6.03 Å². The number of amides is 2. The zero-order valence-electron chi connectivity index (χ0n) is 10.4. The molecule has 0 fully saturated rings. The number of hydrogen-bond acceptors (Lipinski definition) is 2. The summed E-state index contributed by atoms with van der Waals surface area (Å²) in [5, 5.41) is 11.4. The van der Waals surface area contributed by atoms with Crippen LogP contribution >= 0.6 is 13.5 Å². The predicted octanol–water partition coefficient (Wildman–Crippen LogP) is 2.27. The van der Waals surface area contributed by atoms with Crippen LogP contribution in [-0.2, 0) is 0 Å². The van der Waals surface area contributed by atoms with Crippen LogP contribution in [0.5, 0.6) is 5.75 Å². The number of carbonyl (C=O) groups is 1. The molecule has 1 rings (SSSR count). The third-order valence-electron chi connectivity index (χ3n) is 1.95. The number of hydrogen-bond donors (Lipinski definition) is 3. The number of unbranched alkanes of at least 4 members (excludes halogenated alkanes) is 1. The molecule has 1 aromatic carbocycles. The monoisotopic (exact) mass is 258 g/mol. The van der Waals surface area contributed by atoms with Gasteiger partial charge in [-0.3, -0.25) is 0 Å². The highest BCUT2D eigenvalue weighted by Gasteiger charge is 1.87. The quantitative estimate of drug-likeness (QED) is 0.727. The molecule has 0 unspecified atom stereocenters. The first-order valence-corrected chi connectivity index (χ1v) is 5.35. The Bertz CT molecular complexity index is 298. The van der Waals surface area contributed by atoms with E-state index in [9.17, 15) is 4.79 Å². The second-order valence-electron chi connectivity index (χ2n) is 3.43. The molecule has 0 heterocycles. The van der Waals surface area contributed by atoms with Crippen molar-refractivity contribution in [3.05, 3.63) is 29.8 Å². The molecule has 0 aliphatic heterocycles. The van der Waals surface area contributed by atoms with Gasteiger partial charge in [-0.05, 0) is 25.0 Å². The summed E-state index contributed by atoms with van der Waals surface area (Å²) in [6, 6.07) is 6.82. The van der Waals surface area contributed by atoms with Crippen LogP contribution in [0, 0.1) is 6.92 Å². The van der Waals surface area contributed by atoms with E-state index >= 15 is 0 Å². The smallest absolute Gasteiger partial charge is 0.312 e. The Hall–Kier alpha value is -1.36. The van der Waals surface area contributed by atoms with Crippen molar-refractivity contribution < 1.29 is 9.90 Å². The van der Waals surface area contributed by atoms with Gasteiger partial charge in [0.25, 0.3) is 0 Å². The molecule has 4 nitrogen and oxygen atoms in total. The summed E-state index contributed by atoms with van der Waals surface area (Å²) >= 11 is 0. The zero-order valence-corrected chi connectivity index (χ0v) is 11.4. The number of urea groups is 1. The molecule has 1 aromatic rings. The molecule has 0 aliphatic carbocycles. The number of para-hydroxylation sites is 1.